The lowest BCUT2D eigenvalue weighted by atomic mass is 9.94. The standard InChI is InChI=1S/C20H26O6/c1-11(8-10-18(23)24)7-9-17-14(4)19(25-15(5)21)12(2)13(3)20(17)26-16(6)22/h7H,8-10H2,1-6H3,(H,23,24)/b11-7+. The summed E-state index contributed by atoms with van der Waals surface area (Å²) in [5.41, 5.74) is 3.86. The van der Waals surface area contributed by atoms with Gasteiger partial charge < -0.3 is 14.6 Å². The normalized spacial score (nSPS) is 11.2. The van der Waals surface area contributed by atoms with Gasteiger partial charge >= 0.3 is 17.9 Å². The summed E-state index contributed by atoms with van der Waals surface area (Å²) >= 11 is 0. The van der Waals surface area contributed by atoms with E-state index < -0.39 is 17.9 Å². The van der Waals surface area contributed by atoms with E-state index in [4.69, 9.17) is 14.6 Å². The second-order valence-corrected chi connectivity index (χ2v) is 6.35. The molecule has 1 aromatic carbocycles. The number of rotatable bonds is 7. The zero-order valence-electron chi connectivity index (χ0n) is 16.2. The minimum atomic E-state index is -0.849. The molecule has 0 unspecified atom stereocenters. The van der Waals surface area contributed by atoms with Crippen LogP contribution in [0.25, 0.3) is 0 Å². The van der Waals surface area contributed by atoms with Gasteiger partial charge in [0.05, 0.1) is 0 Å². The van der Waals surface area contributed by atoms with Gasteiger partial charge in [-0.2, -0.15) is 0 Å². The molecule has 0 radical (unpaired) electrons. The molecule has 1 rings (SSSR count). The van der Waals surface area contributed by atoms with Crippen LogP contribution in [0, 0.1) is 20.8 Å². The van der Waals surface area contributed by atoms with E-state index in [1.165, 1.54) is 13.8 Å². The molecular formula is C20H26O6. The van der Waals surface area contributed by atoms with Crippen LogP contribution in [0.5, 0.6) is 11.5 Å². The Labute approximate surface area is 153 Å². The number of hydrogen-bond donors (Lipinski definition) is 1. The molecule has 0 amide bonds. The minimum Gasteiger partial charge on any atom is -0.481 e. The van der Waals surface area contributed by atoms with Crippen LogP contribution in [0.2, 0.25) is 0 Å². The molecule has 142 valence electrons. The van der Waals surface area contributed by atoms with E-state index in [0.717, 1.165) is 27.8 Å². The van der Waals surface area contributed by atoms with E-state index in [9.17, 15) is 14.4 Å². The van der Waals surface area contributed by atoms with E-state index in [1.807, 2.05) is 33.8 Å². The lowest BCUT2D eigenvalue weighted by molar-refractivity contribution is -0.137. The van der Waals surface area contributed by atoms with E-state index in [1.54, 1.807) is 0 Å². The molecular weight excluding hydrogens is 336 g/mol. The summed E-state index contributed by atoms with van der Waals surface area (Å²) in [5, 5.41) is 8.79. The van der Waals surface area contributed by atoms with Crippen LogP contribution < -0.4 is 9.47 Å². The van der Waals surface area contributed by atoms with E-state index in [2.05, 4.69) is 0 Å². The van der Waals surface area contributed by atoms with Gasteiger partial charge in [0.2, 0.25) is 0 Å². The summed E-state index contributed by atoms with van der Waals surface area (Å²) in [5.74, 6) is -0.768. The highest BCUT2D eigenvalue weighted by molar-refractivity contribution is 5.74. The molecule has 0 atom stereocenters. The maximum atomic E-state index is 11.5. The zero-order valence-corrected chi connectivity index (χ0v) is 16.2. The topological polar surface area (TPSA) is 89.9 Å². The largest absolute Gasteiger partial charge is 0.481 e. The molecule has 1 N–H and O–H groups in total. The highest BCUT2D eigenvalue weighted by atomic mass is 16.5. The van der Waals surface area contributed by atoms with Gasteiger partial charge in [-0.25, -0.2) is 0 Å². The lowest BCUT2D eigenvalue weighted by Crippen LogP contribution is -2.12. The number of aliphatic carboxylic acids is 1. The third-order valence-electron chi connectivity index (χ3n) is 4.19. The van der Waals surface area contributed by atoms with Crippen molar-refractivity contribution in [1.29, 1.82) is 0 Å². The molecule has 0 aromatic heterocycles. The molecule has 0 saturated carbocycles. The zero-order chi connectivity index (χ0) is 20.0. The molecule has 0 spiro atoms. The Morgan fingerprint density at radius 2 is 1.35 bits per heavy atom. The second kappa shape index (κ2) is 9.17. The maximum absolute atomic E-state index is 11.5. The first-order chi connectivity index (χ1) is 12.0. The van der Waals surface area contributed by atoms with Crippen LogP contribution in [-0.2, 0) is 20.8 Å². The van der Waals surface area contributed by atoms with Crippen molar-refractivity contribution in [2.45, 2.75) is 60.8 Å². The lowest BCUT2D eigenvalue weighted by Gasteiger charge is -2.20. The number of esters is 2. The highest BCUT2D eigenvalue weighted by Gasteiger charge is 2.21. The Kier molecular flexibility index (Phi) is 7.56. The van der Waals surface area contributed by atoms with Gasteiger partial charge in [0.15, 0.2) is 0 Å². The fraction of sp³-hybridized carbons (Fsp3) is 0.450. The second-order valence-electron chi connectivity index (χ2n) is 6.35. The highest BCUT2D eigenvalue weighted by Crippen LogP contribution is 2.38. The average Bonchev–Trinajstić information content (AvgIpc) is 2.53. The number of carboxylic acids is 1. The number of carbonyl (C=O) groups excluding carboxylic acids is 2. The Hall–Kier alpha value is -2.63. The van der Waals surface area contributed by atoms with Crippen LogP contribution in [-0.4, -0.2) is 23.0 Å². The smallest absolute Gasteiger partial charge is 0.308 e. The van der Waals surface area contributed by atoms with E-state index >= 15 is 0 Å². The van der Waals surface area contributed by atoms with Gasteiger partial charge in [-0.05, 0) is 57.2 Å². The van der Waals surface area contributed by atoms with Crippen molar-refractivity contribution in [3.05, 3.63) is 33.9 Å². The van der Waals surface area contributed by atoms with Crippen molar-refractivity contribution in [3.8, 4) is 11.5 Å². The molecule has 6 heteroatoms. The molecule has 0 aliphatic heterocycles. The number of hydrogen-bond acceptors (Lipinski definition) is 5. The van der Waals surface area contributed by atoms with Crippen molar-refractivity contribution in [2.75, 3.05) is 0 Å². The van der Waals surface area contributed by atoms with Gasteiger partial charge in [0.25, 0.3) is 0 Å². The third-order valence-corrected chi connectivity index (χ3v) is 4.19. The summed E-state index contributed by atoms with van der Waals surface area (Å²) in [6.45, 7) is 9.97. The first-order valence-corrected chi connectivity index (χ1v) is 8.41. The Balaban J connectivity index is 3.38. The molecule has 0 heterocycles. The fourth-order valence-corrected chi connectivity index (χ4v) is 2.66. The average molecular weight is 362 g/mol. The molecule has 0 bridgehead atoms. The van der Waals surface area contributed by atoms with E-state index in [-0.39, 0.29) is 6.42 Å². The van der Waals surface area contributed by atoms with Gasteiger partial charge in [-0.15, -0.1) is 0 Å². The summed E-state index contributed by atoms with van der Waals surface area (Å²) in [4.78, 5) is 33.7. The van der Waals surface area contributed by atoms with Crippen LogP contribution in [0.15, 0.2) is 11.6 Å². The maximum Gasteiger partial charge on any atom is 0.308 e. The van der Waals surface area contributed by atoms with Gasteiger partial charge in [-0.3, -0.25) is 14.4 Å². The summed E-state index contributed by atoms with van der Waals surface area (Å²) < 4.78 is 10.8. The van der Waals surface area contributed by atoms with Gasteiger partial charge in [0, 0.05) is 25.8 Å². The quantitative estimate of drug-likeness (QED) is 0.450. The SMILES string of the molecule is CC(=O)Oc1c(C)c(C)c(OC(C)=O)c(C/C=C(\C)CCC(=O)O)c1C. The van der Waals surface area contributed by atoms with Crippen LogP contribution >= 0.6 is 0 Å². The number of carbonyl (C=O) groups is 3. The molecule has 1 aromatic rings. The summed E-state index contributed by atoms with van der Waals surface area (Å²) in [7, 11) is 0. The van der Waals surface area contributed by atoms with Crippen LogP contribution in [0.1, 0.15) is 55.9 Å². The Bertz CT molecular complexity index is 758. The first kappa shape index (κ1) is 21.4. The molecule has 0 fully saturated rings. The summed E-state index contributed by atoms with van der Waals surface area (Å²) in [6.07, 6.45) is 2.85. The first-order valence-electron chi connectivity index (χ1n) is 8.41. The van der Waals surface area contributed by atoms with Gasteiger partial charge in [0.1, 0.15) is 11.5 Å². The van der Waals surface area contributed by atoms with Crippen molar-refractivity contribution in [2.24, 2.45) is 0 Å². The Morgan fingerprint density at radius 3 is 1.85 bits per heavy atom. The predicted molar refractivity (Wildman–Crippen MR) is 97.6 cm³/mol. The third kappa shape index (κ3) is 5.72. The minimum absolute atomic E-state index is 0.0593. The molecule has 0 aliphatic carbocycles. The number of carboxylic acid groups (broad SMARTS) is 1. The summed E-state index contributed by atoms with van der Waals surface area (Å²) in [6, 6.07) is 0. The number of benzene rings is 1. The number of ether oxygens (including phenoxy) is 2. The molecule has 26 heavy (non-hydrogen) atoms. The van der Waals surface area contributed by atoms with Crippen molar-refractivity contribution >= 4 is 17.9 Å². The van der Waals surface area contributed by atoms with E-state index in [0.29, 0.717) is 24.3 Å². The fourth-order valence-electron chi connectivity index (χ4n) is 2.66. The molecule has 0 saturated heterocycles. The van der Waals surface area contributed by atoms with Crippen molar-refractivity contribution in [3.63, 3.8) is 0 Å². The predicted octanol–water partition coefficient (Wildman–Crippen LogP) is 3.82. The van der Waals surface area contributed by atoms with Crippen LogP contribution in [0.4, 0.5) is 0 Å². The molecule has 0 aliphatic rings. The number of allylic oxidation sites excluding steroid dienone is 2. The van der Waals surface area contributed by atoms with Crippen molar-refractivity contribution in [1.82, 2.24) is 0 Å². The van der Waals surface area contributed by atoms with Crippen molar-refractivity contribution < 1.29 is 29.0 Å². The monoisotopic (exact) mass is 362 g/mol. The van der Waals surface area contributed by atoms with Crippen LogP contribution in [0.3, 0.4) is 0 Å². The van der Waals surface area contributed by atoms with Gasteiger partial charge in [-0.1, -0.05) is 11.6 Å². The molecule has 6 nitrogen and oxygen atoms in total. The Morgan fingerprint density at radius 1 is 0.846 bits per heavy atom.